The number of fused-ring (bicyclic) bond motifs is 1. The predicted molar refractivity (Wildman–Crippen MR) is 74.7 cm³/mol. The first-order chi connectivity index (χ1) is 9.91. The van der Waals surface area contributed by atoms with Crippen molar-refractivity contribution in [2.75, 3.05) is 0 Å². The van der Waals surface area contributed by atoms with Gasteiger partial charge >= 0.3 is 11.4 Å². The molecule has 0 saturated heterocycles. The SMILES string of the molecule is Cn1c(=O)on(S(=O)(=O)c2ccc3ccccc3c2)c1=O. The normalized spacial score (nSPS) is 11.9. The fraction of sp³-hybridized carbons (Fsp3) is 0.0769. The second kappa shape index (κ2) is 4.45. The summed E-state index contributed by atoms with van der Waals surface area (Å²) in [5.74, 6) is -1.04. The van der Waals surface area contributed by atoms with Gasteiger partial charge in [-0.1, -0.05) is 30.3 Å². The molecule has 0 unspecified atom stereocenters. The third kappa shape index (κ3) is 2.00. The molecule has 0 bridgehead atoms. The topological polar surface area (TPSA) is 91.3 Å². The smallest absolute Gasteiger partial charge is 0.301 e. The monoisotopic (exact) mass is 306 g/mol. The molecule has 0 radical (unpaired) electrons. The Labute approximate surface area is 118 Å². The van der Waals surface area contributed by atoms with Gasteiger partial charge in [0.1, 0.15) is 0 Å². The van der Waals surface area contributed by atoms with Crippen molar-refractivity contribution in [3.63, 3.8) is 0 Å². The molecule has 3 aromatic rings. The highest BCUT2D eigenvalue weighted by molar-refractivity contribution is 7.89. The third-order valence-corrected chi connectivity index (χ3v) is 4.63. The molecule has 0 N–H and O–H groups in total. The average molecular weight is 306 g/mol. The van der Waals surface area contributed by atoms with Crippen LogP contribution in [0.1, 0.15) is 0 Å². The van der Waals surface area contributed by atoms with E-state index in [0.29, 0.717) is 9.95 Å². The first kappa shape index (κ1) is 13.4. The van der Waals surface area contributed by atoms with Gasteiger partial charge < -0.3 is 4.52 Å². The van der Waals surface area contributed by atoms with Gasteiger partial charge in [0.25, 0.3) is 10.0 Å². The van der Waals surface area contributed by atoms with Crippen LogP contribution in [0, 0.1) is 0 Å². The van der Waals surface area contributed by atoms with Crippen molar-refractivity contribution < 1.29 is 12.9 Å². The summed E-state index contributed by atoms with van der Waals surface area (Å²) in [6, 6.07) is 11.6. The molecular weight excluding hydrogens is 296 g/mol. The van der Waals surface area contributed by atoms with Gasteiger partial charge in [0.15, 0.2) is 0 Å². The number of aromatic nitrogens is 2. The van der Waals surface area contributed by atoms with E-state index in [1.165, 1.54) is 12.1 Å². The molecule has 108 valence electrons. The average Bonchev–Trinajstić information content (AvgIpc) is 2.75. The highest BCUT2D eigenvalue weighted by atomic mass is 32.2. The zero-order valence-electron chi connectivity index (χ0n) is 10.9. The molecule has 0 saturated carbocycles. The van der Waals surface area contributed by atoms with Crippen molar-refractivity contribution in [1.82, 2.24) is 8.71 Å². The van der Waals surface area contributed by atoms with Gasteiger partial charge in [-0.05, 0) is 27.1 Å². The van der Waals surface area contributed by atoms with Crippen LogP contribution in [0.15, 0.2) is 61.5 Å². The lowest BCUT2D eigenvalue weighted by Crippen LogP contribution is -2.29. The molecule has 1 aromatic heterocycles. The summed E-state index contributed by atoms with van der Waals surface area (Å²) in [7, 11) is -3.11. The summed E-state index contributed by atoms with van der Waals surface area (Å²) >= 11 is 0. The highest BCUT2D eigenvalue weighted by Gasteiger charge is 2.24. The minimum Gasteiger partial charge on any atom is -0.301 e. The Morgan fingerprint density at radius 2 is 1.67 bits per heavy atom. The minimum absolute atomic E-state index is 0.0967. The quantitative estimate of drug-likeness (QED) is 0.688. The van der Waals surface area contributed by atoms with E-state index in [1.54, 1.807) is 18.2 Å². The van der Waals surface area contributed by atoms with E-state index >= 15 is 0 Å². The van der Waals surface area contributed by atoms with Gasteiger partial charge in [-0.2, -0.15) is 8.42 Å². The Morgan fingerprint density at radius 3 is 2.29 bits per heavy atom. The molecule has 0 aliphatic rings. The molecule has 1 heterocycles. The molecule has 2 aromatic carbocycles. The van der Waals surface area contributed by atoms with Crippen LogP contribution in [0.5, 0.6) is 0 Å². The number of hydrogen-bond acceptors (Lipinski definition) is 5. The van der Waals surface area contributed by atoms with Crippen LogP contribution < -0.4 is 11.4 Å². The summed E-state index contributed by atoms with van der Waals surface area (Å²) in [4.78, 5) is 22.9. The second-order valence-electron chi connectivity index (χ2n) is 4.44. The molecule has 0 aliphatic carbocycles. The summed E-state index contributed by atoms with van der Waals surface area (Å²) in [5.41, 5.74) is -1.05. The molecule has 0 aliphatic heterocycles. The van der Waals surface area contributed by atoms with Crippen LogP contribution in [0.2, 0.25) is 0 Å². The molecule has 0 fully saturated rings. The van der Waals surface area contributed by atoms with E-state index in [0.717, 1.165) is 12.4 Å². The number of benzene rings is 2. The maximum Gasteiger partial charge on any atom is 0.443 e. The van der Waals surface area contributed by atoms with E-state index in [2.05, 4.69) is 4.52 Å². The van der Waals surface area contributed by atoms with Crippen LogP contribution in [-0.4, -0.2) is 17.1 Å². The number of hydrogen-bond donors (Lipinski definition) is 0. The number of rotatable bonds is 2. The summed E-state index contributed by atoms with van der Waals surface area (Å²) in [6.45, 7) is 0. The van der Waals surface area contributed by atoms with Crippen LogP contribution in [0.4, 0.5) is 0 Å². The zero-order chi connectivity index (χ0) is 15.2. The second-order valence-corrected chi connectivity index (χ2v) is 6.19. The first-order valence-corrected chi connectivity index (χ1v) is 7.39. The Kier molecular flexibility index (Phi) is 2.84. The number of nitrogens with zero attached hydrogens (tertiary/aromatic N) is 2. The highest BCUT2D eigenvalue weighted by Crippen LogP contribution is 2.19. The van der Waals surface area contributed by atoms with Gasteiger partial charge in [0, 0.05) is 7.05 Å². The van der Waals surface area contributed by atoms with Gasteiger partial charge in [0.05, 0.1) is 4.90 Å². The van der Waals surface area contributed by atoms with Crippen molar-refractivity contribution >= 4 is 20.8 Å². The molecule has 0 atom stereocenters. The largest absolute Gasteiger partial charge is 0.443 e. The fourth-order valence-corrected chi connectivity index (χ4v) is 3.14. The summed E-state index contributed by atoms with van der Waals surface area (Å²) in [5, 5.41) is 1.56. The molecule has 0 spiro atoms. The summed E-state index contributed by atoms with van der Waals surface area (Å²) < 4.78 is 29.9. The zero-order valence-corrected chi connectivity index (χ0v) is 11.7. The Bertz CT molecular complexity index is 1060. The van der Waals surface area contributed by atoms with Crippen molar-refractivity contribution in [1.29, 1.82) is 0 Å². The lowest BCUT2D eigenvalue weighted by Gasteiger charge is -2.04. The van der Waals surface area contributed by atoms with E-state index in [1.807, 2.05) is 12.1 Å². The first-order valence-electron chi connectivity index (χ1n) is 5.95. The maximum atomic E-state index is 12.4. The van der Waals surface area contributed by atoms with Gasteiger partial charge in [-0.25, -0.2) is 14.2 Å². The van der Waals surface area contributed by atoms with Crippen molar-refractivity contribution in [2.24, 2.45) is 7.05 Å². The third-order valence-electron chi connectivity index (χ3n) is 3.12. The predicted octanol–water partition coefficient (Wildman–Crippen LogP) is 0.530. The lowest BCUT2D eigenvalue weighted by molar-refractivity contribution is 0.331. The van der Waals surface area contributed by atoms with Gasteiger partial charge in [0.2, 0.25) is 0 Å². The maximum absolute atomic E-state index is 12.4. The molecule has 21 heavy (non-hydrogen) atoms. The van der Waals surface area contributed by atoms with E-state index in [4.69, 9.17) is 0 Å². The van der Waals surface area contributed by atoms with Crippen LogP contribution in [-0.2, 0) is 17.1 Å². The molecular formula is C13H10N2O5S. The Hall–Kier alpha value is -2.61. The van der Waals surface area contributed by atoms with Gasteiger partial charge in [-0.3, -0.25) is 0 Å². The molecule has 7 nitrogen and oxygen atoms in total. The fourth-order valence-electron chi connectivity index (χ4n) is 1.95. The lowest BCUT2D eigenvalue weighted by atomic mass is 10.1. The Balaban J connectivity index is 2.27. The van der Waals surface area contributed by atoms with Crippen LogP contribution in [0.3, 0.4) is 0 Å². The van der Waals surface area contributed by atoms with Crippen LogP contribution >= 0.6 is 0 Å². The van der Waals surface area contributed by atoms with Crippen molar-refractivity contribution in [2.45, 2.75) is 4.90 Å². The van der Waals surface area contributed by atoms with Crippen LogP contribution in [0.25, 0.3) is 10.8 Å². The minimum atomic E-state index is -4.25. The Morgan fingerprint density at radius 1 is 1.00 bits per heavy atom. The van der Waals surface area contributed by atoms with E-state index < -0.39 is 21.5 Å². The van der Waals surface area contributed by atoms with Crippen molar-refractivity contribution in [3.05, 3.63) is 63.5 Å². The van der Waals surface area contributed by atoms with Gasteiger partial charge in [-0.15, -0.1) is 0 Å². The molecule has 8 heteroatoms. The molecule has 0 amide bonds. The van der Waals surface area contributed by atoms with E-state index in [9.17, 15) is 18.0 Å². The molecule has 3 rings (SSSR count). The van der Waals surface area contributed by atoms with Crippen molar-refractivity contribution in [3.8, 4) is 0 Å². The standard InChI is InChI=1S/C13H10N2O5S/c1-14-12(16)15(20-13(14)17)21(18,19)11-7-6-9-4-2-3-5-10(9)8-11/h2-8H,1H3. The van der Waals surface area contributed by atoms with E-state index in [-0.39, 0.29) is 9.04 Å². The summed E-state index contributed by atoms with van der Waals surface area (Å²) in [6.07, 6.45) is 0.